The SMILES string of the molecule is CCCC(=O)N[C@@H](c1cnn2cc([C@@H](NC(=O)c3cccc(C)n3)C3CCC(F)(F)CC3)nc2c1)C1CC1. The van der Waals surface area contributed by atoms with Crippen molar-refractivity contribution >= 4 is 17.5 Å². The van der Waals surface area contributed by atoms with Crippen LogP contribution in [-0.2, 0) is 4.79 Å². The van der Waals surface area contributed by atoms with Gasteiger partial charge in [-0.25, -0.2) is 23.3 Å². The largest absolute Gasteiger partial charge is 0.349 e. The molecule has 3 aromatic heterocycles. The summed E-state index contributed by atoms with van der Waals surface area (Å²) in [4.78, 5) is 34.6. The molecule has 5 rings (SSSR count). The molecule has 38 heavy (non-hydrogen) atoms. The Morgan fingerprint density at radius 1 is 1.08 bits per heavy atom. The van der Waals surface area contributed by atoms with Gasteiger partial charge >= 0.3 is 0 Å². The fourth-order valence-corrected chi connectivity index (χ4v) is 5.32. The average molecular weight is 525 g/mol. The number of alkyl halides is 2. The molecule has 0 radical (unpaired) electrons. The summed E-state index contributed by atoms with van der Waals surface area (Å²) in [5, 5.41) is 10.7. The van der Waals surface area contributed by atoms with Gasteiger partial charge in [0, 0.05) is 25.0 Å². The fraction of sp³-hybridized carbons (Fsp3) is 0.536. The van der Waals surface area contributed by atoms with Crippen molar-refractivity contribution in [3.8, 4) is 0 Å². The van der Waals surface area contributed by atoms with Crippen LogP contribution in [0.2, 0.25) is 0 Å². The van der Waals surface area contributed by atoms with Crippen LogP contribution in [0.15, 0.2) is 36.7 Å². The number of fused-ring (bicyclic) bond motifs is 1. The van der Waals surface area contributed by atoms with Crippen molar-refractivity contribution in [2.75, 3.05) is 0 Å². The van der Waals surface area contributed by atoms with Gasteiger partial charge in [0.25, 0.3) is 5.91 Å². The standard InChI is InChI=1S/C28H34F2N6O2/c1-3-5-24(37)34-25(18-8-9-18)20-14-23-33-22(16-36(23)31-15-20)26(19-10-12-28(29,30)13-11-19)35-27(38)21-7-4-6-17(2)32-21/h4,6-7,14-16,18-19,25-26H,3,5,8-13H2,1-2H3,(H,34,37)(H,35,38)/t25-,26+/m1/s1. The Balaban J connectivity index is 1.43. The quantitative estimate of drug-likeness (QED) is 0.406. The fourth-order valence-electron chi connectivity index (χ4n) is 5.32. The number of nitrogens with zero attached hydrogens (tertiary/aromatic N) is 4. The van der Waals surface area contributed by atoms with E-state index in [-0.39, 0.29) is 55.2 Å². The zero-order valence-electron chi connectivity index (χ0n) is 21.8. The molecule has 10 heteroatoms. The summed E-state index contributed by atoms with van der Waals surface area (Å²) < 4.78 is 29.5. The first-order chi connectivity index (χ1) is 18.2. The molecule has 0 aromatic carbocycles. The van der Waals surface area contributed by atoms with Gasteiger partial charge in [0.05, 0.1) is 30.2 Å². The van der Waals surface area contributed by atoms with Gasteiger partial charge < -0.3 is 10.6 Å². The molecule has 0 unspecified atom stereocenters. The summed E-state index contributed by atoms with van der Waals surface area (Å²) in [6, 6.07) is 6.45. The topological polar surface area (TPSA) is 101 Å². The van der Waals surface area contributed by atoms with Crippen molar-refractivity contribution in [1.82, 2.24) is 30.2 Å². The predicted molar refractivity (Wildman–Crippen MR) is 138 cm³/mol. The highest BCUT2D eigenvalue weighted by molar-refractivity contribution is 5.92. The number of carbonyl (C=O) groups is 2. The molecule has 3 heterocycles. The van der Waals surface area contributed by atoms with Crippen LogP contribution in [0.4, 0.5) is 8.78 Å². The molecular formula is C28H34F2N6O2. The summed E-state index contributed by atoms with van der Waals surface area (Å²) in [6.07, 6.45) is 6.97. The van der Waals surface area contributed by atoms with Gasteiger partial charge in [-0.15, -0.1) is 0 Å². The predicted octanol–water partition coefficient (Wildman–Crippen LogP) is 5.10. The third-order valence-corrected chi connectivity index (χ3v) is 7.57. The van der Waals surface area contributed by atoms with Crippen molar-refractivity contribution in [3.63, 3.8) is 0 Å². The first-order valence-electron chi connectivity index (χ1n) is 13.5. The summed E-state index contributed by atoms with van der Waals surface area (Å²) >= 11 is 0. The smallest absolute Gasteiger partial charge is 0.270 e. The zero-order chi connectivity index (χ0) is 26.9. The number of hydrogen-bond acceptors (Lipinski definition) is 5. The minimum atomic E-state index is -2.68. The Bertz CT molecular complexity index is 1310. The first kappa shape index (κ1) is 26.2. The second-order valence-corrected chi connectivity index (χ2v) is 10.7. The highest BCUT2D eigenvalue weighted by Gasteiger charge is 2.39. The van der Waals surface area contributed by atoms with Crippen molar-refractivity contribution in [3.05, 3.63) is 59.3 Å². The lowest BCUT2D eigenvalue weighted by atomic mass is 9.81. The number of hydrogen-bond donors (Lipinski definition) is 2. The van der Waals surface area contributed by atoms with E-state index in [1.165, 1.54) is 0 Å². The van der Waals surface area contributed by atoms with E-state index in [2.05, 4.69) is 20.7 Å². The van der Waals surface area contributed by atoms with E-state index < -0.39 is 12.0 Å². The number of rotatable bonds is 9. The number of aryl methyl sites for hydroxylation is 1. The molecule has 2 aliphatic rings. The molecule has 2 aliphatic carbocycles. The Hall–Kier alpha value is -3.43. The zero-order valence-corrected chi connectivity index (χ0v) is 21.8. The number of amides is 2. The lowest BCUT2D eigenvalue weighted by Gasteiger charge is -2.33. The third-order valence-electron chi connectivity index (χ3n) is 7.57. The van der Waals surface area contributed by atoms with E-state index in [0.717, 1.165) is 24.8 Å². The maximum Gasteiger partial charge on any atom is 0.270 e. The van der Waals surface area contributed by atoms with Crippen LogP contribution in [0.1, 0.15) is 97.8 Å². The Kier molecular flexibility index (Phi) is 7.40. The van der Waals surface area contributed by atoms with Gasteiger partial charge in [-0.2, -0.15) is 5.10 Å². The van der Waals surface area contributed by atoms with Gasteiger partial charge in [0.15, 0.2) is 5.65 Å². The number of carbonyl (C=O) groups excluding carboxylic acids is 2. The molecule has 0 saturated heterocycles. The van der Waals surface area contributed by atoms with Crippen LogP contribution in [0.25, 0.3) is 5.65 Å². The van der Waals surface area contributed by atoms with Crippen LogP contribution >= 0.6 is 0 Å². The lowest BCUT2D eigenvalue weighted by Crippen LogP contribution is -2.37. The van der Waals surface area contributed by atoms with Crippen LogP contribution < -0.4 is 10.6 Å². The number of pyridine rings is 1. The minimum Gasteiger partial charge on any atom is -0.349 e. The van der Waals surface area contributed by atoms with Crippen molar-refractivity contribution < 1.29 is 18.4 Å². The molecule has 2 amide bonds. The molecule has 3 aromatic rings. The average Bonchev–Trinajstić information content (AvgIpc) is 3.64. The van der Waals surface area contributed by atoms with Crippen LogP contribution in [-0.4, -0.2) is 37.3 Å². The third kappa shape index (κ3) is 6.00. The van der Waals surface area contributed by atoms with E-state index in [9.17, 15) is 18.4 Å². The second kappa shape index (κ2) is 10.7. The maximum absolute atomic E-state index is 14.0. The highest BCUT2D eigenvalue weighted by atomic mass is 19.3. The summed E-state index contributed by atoms with van der Waals surface area (Å²) in [6.45, 7) is 3.78. The molecule has 2 atom stereocenters. The summed E-state index contributed by atoms with van der Waals surface area (Å²) in [5.74, 6) is -2.84. The molecule has 202 valence electrons. The van der Waals surface area contributed by atoms with Crippen LogP contribution in [0, 0.1) is 18.8 Å². The molecule has 0 spiro atoms. The summed E-state index contributed by atoms with van der Waals surface area (Å²) in [7, 11) is 0. The van der Waals surface area contributed by atoms with Crippen molar-refractivity contribution in [2.24, 2.45) is 11.8 Å². The van der Waals surface area contributed by atoms with E-state index in [1.807, 2.05) is 26.0 Å². The molecular weight excluding hydrogens is 490 g/mol. The van der Waals surface area contributed by atoms with Crippen molar-refractivity contribution in [2.45, 2.75) is 83.2 Å². The van der Waals surface area contributed by atoms with Crippen molar-refractivity contribution in [1.29, 1.82) is 0 Å². The minimum absolute atomic E-state index is 0.0231. The number of aromatic nitrogens is 4. The Labute approximate surface area is 220 Å². The summed E-state index contributed by atoms with van der Waals surface area (Å²) in [5.41, 5.74) is 3.04. The van der Waals surface area contributed by atoms with Gasteiger partial charge in [-0.05, 0) is 74.6 Å². The molecule has 0 bridgehead atoms. The highest BCUT2D eigenvalue weighted by Crippen LogP contribution is 2.42. The maximum atomic E-state index is 14.0. The normalized spacial score (nSPS) is 19.2. The van der Waals surface area contributed by atoms with Gasteiger partial charge in [-0.3, -0.25) is 9.59 Å². The molecule has 0 aliphatic heterocycles. The van der Waals surface area contributed by atoms with Crippen LogP contribution in [0.5, 0.6) is 0 Å². The van der Waals surface area contributed by atoms with Gasteiger partial charge in [0.1, 0.15) is 5.69 Å². The number of imidazole rings is 1. The van der Waals surface area contributed by atoms with E-state index in [1.54, 1.807) is 29.0 Å². The molecule has 2 N–H and O–H groups in total. The number of halogens is 2. The molecule has 2 saturated carbocycles. The molecule has 2 fully saturated rings. The van der Waals surface area contributed by atoms with Gasteiger partial charge in [-0.1, -0.05) is 13.0 Å². The van der Waals surface area contributed by atoms with E-state index in [4.69, 9.17) is 4.98 Å². The monoisotopic (exact) mass is 524 g/mol. The van der Waals surface area contributed by atoms with E-state index in [0.29, 0.717) is 29.4 Å². The number of nitrogens with one attached hydrogen (secondary N) is 2. The van der Waals surface area contributed by atoms with E-state index >= 15 is 0 Å². The van der Waals surface area contributed by atoms with Gasteiger partial charge in [0.2, 0.25) is 11.8 Å². The Morgan fingerprint density at radius 2 is 1.82 bits per heavy atom. The lowest BCUT2D eigenvalue weighted by molar-refractivity contribution is -0.122. The van der Waals surface area contributed by atoms with Crippen LogP contribution in [0.3, 0.4) is 0 Å². The Morgan fingerprint density at radius 3 is 2.50 bits per heavy atom. The molecule has 8 nitrogen and oxygen atoms in total. The second-order valence-electron chi connectivity index (χ2n) is 10.7. The first-order valence-corrected chi connectivity index (χ1v) is 13.5.